The zero-order valence-electron chi connectivity index (χ0n) is 23.8. The number of piperazine rings is 1. The van der Waals surface area contributed by atoms with Crippen molar-refractivity contribution < 1.29 is 14.3 Å². The van der Waals surface area contributed by atoms with Gasteiger partial charge in [0.25, 0.3) is 0 Å². The number of nitrogens with zero attached hydrogens (tertiary/aromatic N) is 5. The number of methoxy groups -OCH3 is 1. The minimum absolute atomic E-state index is 0.00284. The third-order valence-corrected chi connectivity index (χ3v) is 7.48. The molecule has 1 aliphatic rings. The summed E-state index contributed by atoms with van der Waals surface area (Å²) in [6.45, 7) is 5.16. The van der Waals surface area contributed by atoms with Crippen LogP contribution in [0, 0.1) is 0 Å². The van der Waals surface area contributed by atoms with Crippen molar-refractivity contribution in [3.63, 3.8) is 0 Å². The maximum atomic E-state index is 13.0. The average molecular weight is 560 g/mol. The van der Waals surface area contributed by atoms with Crippen LogP contribution in [0.5, 0.6) is 11.5 Å². The molecule has 0 atom stereocenters. The van der Waals surface area contributed by atoms with Gasteiger partial charge in [0.2, 0.25) is 5.91 Å². The molecule has 212 valence electrons. The zero-order valence-corrected chi connectivity index (χ0v) is 23.8. The van der Waals surface area contributed by atoms with E-state index in [4.69, 9.17) is 19.4 Å². The lowest BCUT2D eigenvalue weighted by Crippen LogP contribution is -2.48. The first kappa shape index (κ1) is 27.1. The Balaban J connectivity index is 1.28. The number of carbonyl (C=O) groups excluding carboxylic acids is 1. The number of hydrogen-bond acceptors (Lipinski definition) is 6. The molecule has 0 aliphatic carbocycles. The molecule has 42 heavy (non-hydrogen) atoms. The van der Waals surface area contributed by atoms with Crippen molar-refractivity contribution in [2.45, 2.75) is 6.92 Å². The normalized spacial score (nSPS) is 13.6. The molecule has 0 spiro atoms. The summed E-state index contributed by atoms with van der Waals surface area (Å²) >= 11 is 0. The second-order valence-corrected chi connectivity index (χ2v) is 10.0. The SMILES string of the molecule is CCOc1ccc(-n2cc(-c3ccccc3)c3c(N4CCN(C(=O)/C=C/c5cccc(OC)c5)CC4)ncnc32)cc1. The van der Waals surface area contributed by atoms with Crippen LogP contribution in [0.3, 0.4) is 0 Å². The Kier molecular flexibility index (Phi) is 7.85. The van der Waals surface area contributed by atoms with Crippen molar-refractivity contribution >= 4 is 28.8 Å². The predicted molar refractivity (Wildman–Crippen MR) is 166 cm³/mol. The first-order valence-electron chi connectivity index (χ1n) is 14.2. The van der Waals surface area contributed by atoms with Crippen molar-refractivity contribution in [1.29, 1.82) is 0 Å². The molecule has 3 aromatic carbocycles. The highest BCUT2D eigenvalue weighted by atomic mass is 16.5. The third kappa shape index (κ3) is 5.56. The molecule has 1 aliphatic heterocycles. The van der Waals surface area contributed by atoms with Gasteiger partial charge in [0.05, 0.1) is 19.1 Å². The predicted octanol–water partition coefficient (Wildman–Crippen LogP) is 5.86. The topological polar surface area (TPSA) is 72.7 Å². The Morgan fingerprint density at radius 2 is 1.69 bits per heavy atom. The number of hydrogen-bond donors (Lipinski definition) is 0. The van der Waals surface area contributed by atoms with Gasteiger partial charge in [-0.05, 0) is 60.5 Å². The fraction of sp³-hybridized carbons (Fsp3) is 0.206. The van der Waals surface area contributed by atoms with Crippen molar-refractivity contribution in [1.82, 2.24) is 19.4 Å². The molecular weight excluding hydrogens is 526 g/mol. The van der Waals surface area contributed by atoms with Crippen molar-refractivity contribution in [3.8, 4) is 28.3 Å². The molecule has 2 aromatic heterocycles. The molecule has 8 heteroatoms. The quantitative estimate of drug-likeness (QED) is 0.222. The van der Waals surface area contributed by atoms with E-state index in [2.05, 4.69) is 27.8 Å². The first-order valence-corrected chi connectivity index (χ1v) is 14.2. The number of rotatable bonds is 8. The van der Waals surface area contributed by atoms with Gasteiger partial charge >= 0.3 is 0 Å². The van der Waals surface area contributed by atoms with E-state index in [9.17, 15) is 4.79 Å². The Labute approximate surface area is 245 Å². The molecule has 0 bridgehead atoms. The van der Waals surface area contributed by atoms with E-state index < -0.39 is 0 Å². The van der Waals surface area contributed by atoms with E-state index in [1.165, 1.54) is 0 Å². The molecule has 1 amide bonds. The van der Waals surface area contributed by atoms with Gasteiger partial charge in [-0.3, -0.25) is 4.79 Å². The lowest BCUT2D eigenvalue weighted by atomic mass is 10.1. The molecule has 0 N–H and O–H groups in total. The number of anilines is 1. The van der Waals surface area contributed by atoms with Gasteiger partial charge in [-0.15, -0.1) is 0 Å². The van der Waals surface area contributed by atoms with E-state index in [1.807, 2.05) is 84.6 Å². The standard InChI is InChI=1S/C34H33N5O3/c1-3-42-28-15-13-27(14-16-28)39-23-30(26-9-5-4-6-10-26)32-33(35-24-36-34(32)39)38-20-18-37(19-21-38)31(40)17-12-25-8-7-11-29(22-25)41-2/h4-17,22-24H,3,18-21H2,1-2H3/b17-12+. The molecule has 6 rings (SSSR count). The van der Waals surface area contributed by atoms with E-state index in [0.29, 0.717) is 32.8 Å². The minimum atomic E-state index is -0.00284. The van der Waals surface area contributed by atoms with Gasteiger partial charge in [0.1, 0.15) is 23.6 Å². The molecule has 1 saturated heterocycles. The van der Waals surface area contributed by atoms with E-state index in [1.54, 1.807) is 19.5 Å². The van der Waals surface area contributed by atoms with Gasteiger partial charge in [-0.2, -0.15) is 0 Å². The van der Waals surface area contributed by atoms with Crippen LogP contribution in [0.15, 0.2) is 97.5 Å². The number of aromatic nitrogens is 3. The highest BCUT2D eigenvalue weighted by Crippen LogP contribution is 2.37. The monoisotopic (exact) mass is 559 g/mol. The maximum Gasteiger partial charge on any atom is 0.246 e. The number of carbonyl (C=O) groups is 1. The number of benzene rings is 3. The van der Waals surface area contributed by atoms with Crippen LogP contribution in [0.4, 0.5) is 5.82 Å². The van der Waals surface area contributed by atoms with Gasteiger partial charge in [-0.1, -0.05) is 42.5 Å². The van der Waals surface area contributed by atoms with Gasteiger partial charge in [0, 0.05) is 49.7 Å². The summed E-state index contributed by atoms with van der Waals surface area (Å²) < 4.78 is 13.1. The minimum Gasteiger partial charge on any atom is -0.497 e. The van der Waals surface area contributed by atoms with Crippen molar-refractivity contribution in [3.05, 3.63) is 103 Å². The molecular formula is C34H33N5O3. The average Bonchev–Trinajstić information content (AvgIpc) is 3.45. The van der Waals surface area contributed by atoms with Gasteiger partial charge in [0.15, 0.2) is 5.65 Å². The summed E-state index contributed by atoms with van der Waals surface area (Å²) in [4.78, 5) is 26.7. The van der Waals surface area contributed by atoms with Crippen LogP contribution in [-0.4, -0.2) is 65.2 Å². The van der Waals surface area contributed by atoms with Gasteiger partial charge in [-0.25, -0.2) is 9.97 Å². The van der Waals surface area contributed by atoms with E-state index in [0.717, 1.165) is 50.7 Å². The summed E-state index contributed by atoms with van der Waals surface area (Å²) in [6, 6.07) is 26.0. The summed E-state index contributed by atoms with van der Waals surface area (Å²) in [7, 11) is 1.64. The van der Waals surface area contributed by atoms with E-state index in [-0.39, 0.29) is 5.91 Å². The lowest BCUT2D eigenvalue weighted by Gasteiger charge is -2.35. The molecule has 0 radical (unpaired) electrons. The Morgan fingerprint density at radius 3 is 2.43 bits per heavy atom. The van der Waals surface area contributed by atoms with Crippen LogP contribution in [0.2, 0.25) is 0 Å². The van der Waals surface area contributed by atoms with Crippen LogP contribution in [0.25, 0.3) is 33.9 Å². The second-order valence-electron chi connectivity index (χ2n) is 10.0. The Hall–Kier alpha value is -5.11. The Bertz CT molecular complexity index is 1710. The highest BCUT2D eigenvalue weighted by Gasteiger charge is 2.25. The fourth-order valence-electron chi connectivity index (χ4n) is 5.35. The third-order valence-electron chi connectivity index (χ3n) is 7.48. The summed E-state index contributed by atoms with van der Waals surface area (Å²) in [5.74, 6) is 2.47. The Morgan fingerprint density at radius 1 is 0.905 bits per heavy atom. The molecule has 0 saturated carbocycles. The van der Waals surface area contributed by atoms with E-state index >= 15 is 0 Å². The van der Waals surface area contributed by atoms with Crippen LogP contribution in [0.1, 0.15) is 12.5 Å². The molecule has 8 nitrogen and oxygen atoms in total. The molecule has 3 heterocycles. The molecule has 1 fully saturated rings. The number of fused-ring (bicyclic) bond motifs is 1. The van der Waals surface area contributed by atoms with Crippen LogP contribution < -0.4 is 14.4 Å². The summed E-state index contributed by atoms with van der Waals surface area (Å²) in [6.07, 6.45) is 7.24. The maximum absolute atomic E-state index is 13.0. The number of amides is 1. The largest absolute Gasteiger partial charge is 0.497 e. The first-order chi connectivity index (χ1) is 20.6. The van der Waals surface area contributed by atoms with Crippen molar-refractivity contribution in [2.24, 2.45) is 0 Å². The second kappa shape index (κ2) is 12.2. The fourth-order valence-corrected chi connectivity index (χ4v) is 5.35. The molecule has 5 aromatic rings. The van der Waals surface area contributed by atoms with Gasteiger partial charge < -0.3 is 23.8 Å². The zero-order chi connectivity index (χ0) is 28.9. The highest BCUT2D eigenvalue weighted by molar-refractivity contribution is 6.02. The van der Waals surface area contributed by atoms with Crippen molar-refractivity contribution in [2.75, 3.05) is 44.8 Å². The van der Waals surface area contributed by atoms with Crippen LogP contribution in [-0.2, 0) is 4.79 Å². The molecule has 0 unspecified atom stereocenters. The lowest BCUT2D eigenvalue weighted by molar-refractivity contribution is -0.126. The number of ether oxygens (including phenoxy) is 2. The van der Waals surface area contributed by atoms with Crippen LogP contribution >= 0.6 is 0 Å². The summed E-state index contributed by atoms with van der Waals surface area (Å²) in [5, 5.41) is 0.996. The summed E-state index contributed by atoms with van der Waals surface area (Å²) in [5.41, 5.74) is 4.92. The smallest absolute Gasteiger partial charge is 0.246 e.